The summed E-state index contributed by atoms with van der Waals surface area (Å²) in [6.07, 6.45) is 3.56. The third-order valence-electron chi connectivity index (χ3n) is 3.37. The first-order valence-corrected chi connectivity index (χ1v) is 9.37. The van der Waals surface area contributed by atoms with Gasteiger partial charge in [0.15, 0.2) is 5.96 Å². The Balaban J connectivity index is 0.00000441. The van der Waals surface area contributed by atoms with E-state index in [0.29, 0.717) is 13.0 Å². The standard InChI is InChI=1S/C13H26N4O3S.HI/c1-3-15-13(16-6-8-21(2,19)20)17-7-4-5-11(10-17)9-12(14)18;/h11H,3-10H2,1-2H3,(H2,14,18)(H,15,16);1H. The topological polar surface area (TPSA) is 105 Å². The predicted molar refractivity (Wildman–Crippen MR) is 99.2 cm³/mol. The number of carbonyl (C=O) groups excluding carboxylic acids is 1. The van der Waals surface area contributed by atoms with E-state index >= 15 is 0 Å². The molecule has 3 N–H and O–H groups in total. The van der Waals surface area contributed by atoms with E-state index < -0.39 is 9.84 Å². The van der Waals surface area contributed by atoms with Gasteiger partial charge in [0.05, 0.1) is 12.3 Å². The molecule has 1 atom stereocenters. The zero-order valence-electron chi connectivity index (χ0n) is 13.2. The summed E-state index contributed by atoms with van der Waals surface area (Å²) in [4.78, 5) is 17.5. The van der Waals surface area contributed by atoms with Gasteiger partial charge in [0, 0.05) is 32.3 Å². The van der Waals surface area contributed by atoms with Gasteiger partial charge in [-0.25, -0.2) is 8.42 Å². The molecular weight excluding hydrogens is 419 g/mol. The molecule has 1 rings (SSSR count). The molecule has 0 aromatic rings. The number of halogens is 1. The molecule has 1 aliphatic rings. The summed E-state index contributed by atoms with van der Waals surface area (Å²) >= 11 is 0. The number of aliphatic imine (C=N–C) groups is 1. The number of rotatable bonds is 6. The van der Waals surface area contributed by atoms with E-state index in [2.05, 4.69) is 15.2 Å². The number of hydrogen-bond donors (Lipinski definition) is 2. The second-order valence-corrected chi connectivity index (χ2v) is 7.75. The number of nitrogens with zero attached hydrogens (tertiary/aromatic N) is 2. The number of nitrogens with one attached hydrogen (secondary N) is 1. The van der Waals surface area contributed by atoms with Gasteiger partial charge in [0.2, 0.25) is 5.91 Å². The number of piperidine rings is 1. The molecule has 0 aliphatic carbocycles. The fraction of sp³-hybridized carbons (Fsp3) is 0.846. The Morgan fingerprint density at radius 1 is 1.45 bits per heavy atom. The molecule has 1 heterocycles. The van der Waals surface area contributed by atoms with Crippen LogP contribution in [-0.2, 0) is 14.6 Å². The van der Waals surface area contributed by atoms with E-state index in [1.807, 2.05) is 6.92 Å². The van der Waals surface area contributed by atoms with Gasteiger partial charge < -0.3 is 16.0 Å². The van der Waals surface area contributed by atoms with Crippen molar-refractivity contribution in [2.75, 3.05) is 38.2 Å². The minimum Gasteiger partial charge on any atom is -0.370 e. The third kappa shape index (κ3) is 8.76. The average Bonchev–Trinajstić information content (AvgIpc) is 2.36. The summed E-state index contributed by atoms with van der Waals surface area (Å²) in [7, 11) is -3.01. The van der Waals surface area contributed by atoms with Crippen molar-refractivity contribution in [2.45, 2.75) is 26.2 Å². The van der Waals surface area contributed by atoms with E-state index in [4.69, 9.17) is 5.73 Å². The zero-order valence-corrected chi connectivity index (χ0v) is 16.4. The molecule has 1 fully saturated rings. The number of primary amides is 1. The monoisotopic (exact) mass is 446 g/mol. The minimum absolute atomic E-state index is 0. The molecule has 1 unspecified atom stereocenters. The minimum atomic E-state index is -3.01. The van der Waals surface area contributed by atoms with Crippen LogP contribution in [0.25, 0.3) is 0 Å². The Morgan fingerprint density at radius 2 is 2.14 bits per heavy atom. The fourth-order valence-corrected chi connectivity index (χ4v) is 2.87. The first kappa shape index (κ1) is 21.4. The van der Waals surface area contributed by atoms with Crippen LogP contribution < -0.4 is 11.1 Å². The maximum Gasteiger partial charge on any atom is 0.217 e. The molecular formula is C13H27IN4O3S. The Labute approximate surface area is 150 Å². The van der Waals surface area contributed by atoms with E-state index in [9.17, 15) is 13.2 Å². The van der Waals surface area contributed by atoms with Crippen molar-refractivity contribution in [3.05, 3.63) is 0 Å². The van der Waals surface area contributed by atoms with Crippen molar-refractivity contribution < 1.29 is 13.2 Å². The smallest absolute Gasteiger partial charge is 0.217 e. The van der Waals surface area contributed by atoms with Crippen LogP contribution in [0.2, 0.25) is 0 Å². The molecule has 22 heavy (non-hydrogen) atoms. The molecule has 0 radical (unpaired) electrons. The number of guanidine groups is 1. The molecule has 130 valence electrons. The highest BCUT2D eigenvalue weighted by molar-refractivity contribution is 14.0. The van der Waals surface area contributed by atoms with Crippen molar-refractivity contribution in [2.24, 2.45) is 16.6 Å². The van der Waals surface area contributed by atoms with E-state index in [-0.39, 0.29) is 48.1 Å². The van der Waals surface area contributed by atoms with Crippen LogP contribution in [-0.4, -0.2) is 63.4 Å². The summed E-state index contributed by atoms with van der Waals surface area (Å²) in [5.41, 5.74) is 5.26. The van der Waals surface area contributed by atoms with Gasteiger partial charge in [0.1, 0.15) is 9.84 Å². The lowest BCUT2D eigenvalue weighted by Crippen LogP contribution is -2.47. The molecule has 0 saturated carbocycles. The highest BCUT2D eigenvalue weighted by atomic mass is 127. The second-order valence-electron chi connectivity index (χ2n) is 5.49. The Morgan fingerprint density at radius 3 is 2.68 bits per heavy atom. The average molecular weight is 446 g/mol. The maximum absolute atomic E-state index is 11.2. The number of hydrogen-bond acceptors (Lipinski definition) is 4. The summed E-state index contributed by atoms with van der Waals surface area (Å²) in [6, 6.07) is 0. The number of sulfone groups is 1. The maximum atomic E-state index is 11.2. The Bertz CT molecular complexity index is 482. The number of likely N-dealkylation sites (tertiary alicyclic amines) is 1. The van der Waals surface area contributed by atoms with Gasteiger partial charge in [-0.2, -0.15) is 0 Å². The first-order valence-electron chi connectivity index (χ1n) is 7.31. The number of carbonyl (C=O) groups is 1. The molecule has 1 aliphatic heterocycles. The van der Waals surface area contributed by atoms with Crippen LogP contribution in [0.5, 0.6) is 0 Å². The number of nitrogens with two attached hydrogens (primary N) is 1. The van der Waals surface area contributed by atoms with Crippen LogP contribution in [0.1, 0.15) is 26.2 Å². The highest BCUT2D eigenvalue weighted by Crippen LogP contribution is 2.19. The lowest BCUT2D eigenvalue weighted by Gasteiger charge is -2.34. The number of amides is 1. The molecule has 1 saturated heterocycles. The van der Waals surface area contributed by atoms with Crippen molar-refractivity contribution in [1.82, 2.24) is 10.2 Å². The summed E-state index contributed by atoms with van der Waals surface area (Å²) in [5, 5.41) is 3.18. The lowest BCUT2D eigenvalue weighted by molar-refractivity contribution is -0.119. The molecule has 0 aromatic heterocycles. The molecule has 0 bridgehead atoms. The zero-order chi connectivity index (χ0) is 15.9. The Hall–Kier alpha value is -0.580. The van der Waals surface area contributed by atoms with Crippen molar-refractivity contribution in [1.29, 1.82) is 0 Å². The van der Waals surface area contributed by atoms with Crippen LogP contribution >= 0.6 is 24.0 Å². The first-order chi connectivity index (χ1) is 9.81. The quantitative estimate of drug-likeness (QED) is 0.345. The predicted octanol–water partition coefficient (Wildman–Crippen LogP) is 0.202. The van der Waals surface area contributed by atoms with Crippen LogP contribution in [0, 0.1) is 5.92 Å². The van der Waals surface area contributed by atoms with Crippen molar-refractivity contribution >= 4 is 45.7 Å². The Kier molecular flexibility index (Phi) is 9.97. The normalized spacial score (nSPS) is 19.5. The summed E-state index contributed by atoms with van der Waals surface area (Å²) < 4.78 is 22.3. The summed E-state index contributed by atoms with van der Waals surface area (Å²) in [5.74, 6) is 0.728. The van der Waals surface area contributed by atoms with Gasteiger partial charge in [0.25, 0.3) is 0 Å². The van der Waals surface area contributed by atoms with Gasteiger partial charge in [-0.15, -0.1) is 24.0 Å². The lowest BCUT2D eigenvalue weighted by atomic mass is 9.95. The molecule has 0 aromatic carbocycles. The van der Waals surface area contributed by atoms with Crippen LogP contribution in [0.4, 0.5) is 0 Å². The van der Waals surface area contributed by atoms with E-state index in [1.54, 1.807) is 0 Å². The van der Waals surface area contributed by atoms with Crippen molar-refractivity contribution in [3.63, 3.8) is 0 Å². The largest absolute Gasteiger partial charge is 0.370 e. The SMILES string of the molecule is CCNC(=NCCS(C)(=O)=O)N1CCCC(CC(N)=O)C1.I. The van der Waals surface area contributed by atoms with E-state index in [1.165, 1.54) is 6.26 Å². The van der Waals surface area contributed by atoms with Crippen LogP contribution in [0.15, 0.2) is 4.99 Å². The summed E-state index contributed by atoms with van der Waals surface area (Å²) in [6.45, 7) is 4.53. The molecule has 9 heteroatoms. The third-order valence-corrected chi connectivity index (χ3v) is 4.29. The van der Waals surface area contributed by atoms with Gasteiger partial charge in [-0.1, -0.05) is 0 Å². The molecule has 7 nitrogen and oxygen atoms in total. The van der Waals surface area contributed by atoms with Gasteiger partial charge in [-0.05, 0) is 25.7 Å². The van der Waals surface area contributed by atoms with Gasteiger partial charge in [-0.3, -0.25) is 9.79 Å². The van der Waals surface area contributed by atoms with E-state index in [0.717, 1.165) is 31.9 Å². The van der Waals surface area contributed by atoms with Gasteiger partial charge >= 0.3 is 0 Å². The van der Waals surface area contributed by atoms with Crippen LogP contribution in [0.3, 0.4) is 0 Å². The molecule has 0 spiro atoms. The van der Waals surface area contributed by atoms with Crippen molar-refractivity contribution in [3.8, 4) is 0 Å². The molecule has 1 amide bonds. The fourth-order valence-electron chi connectivity index (χ4n) is 2.45. The second kappa shape index (κ2) is 10.2. The highest BCUT2D eigenvalue weighted by Gasteiger charge is 2.23.